The second-order valence-corrected chi connectivity index (χ2v) is 12.4. The number of nitrogens with one attached hydrogen (secondary N) is 6. The molecule has 3 rings (SSSR count). The molecule has 284 valence electrons. The quantitative estimate of drug-likeness (QED) is 0.0279. The molecule has 0 aliphatic heterocycles. The molecule has 20 heteroatoms. The summed E-state index contributed by atoms with van der Waals surface area (Å²) in [6, 6.07) is 0.978. The highest BCUT2D eigenvalue weighted by Gasteiger charge is 2.39. The van der Waals surface area contributed by atoms with Crippen LogP contribution in [0, 0.1) is 0 Å². The number of phenols is 2. The molecule has 0 radical (unpaired) electrons. The van der Waals surface area contributed by atoms with Gasteiger partial charge in [-0.15, -0.1) is 11.8 Å². The third-order valence-electron chi connectivity index (χ3n) is 7.63. The minimum absolute atomic E-state index is 0.116. The van der Waals surface area contributed by atoms with E-state index in [0.29, 0.717) is 6.54 Å². The number of benzene rings is 2. The maximum absolute atomic E-state index is 14.2. The number of carboxylic acids is 2. The smallest absolute Gasteiger partial charge is 0.322 e. The predicted octanol–water partition coefficient (Wildman–Crippen LogP) is -2.17. The Kier molecular flexibility index (Phi) is 16.1. The molecule has 52 heavy (non-hydrogen) atoms. The molecule has 2 amide bonds. The van der Waals surface area contributed by atoms with Crippen LogP contribution >= 0.6 is 11.8 Å². The standard InChI is InChI=1S/C32H43N7O12S/c33-16(32(50)51)1-4-22(44)39-18(31(49)38-14-23(45)46)15-52-21-13-17(36-7-5-34-9-11-40)24-27(28(21)37-8-6-35-10-12-41)30(48)26-20(43)3-2-19(42)25(26)29(24)47/h2-3,13,16,18,34-37,40-43H,1,4-12,14-15,33H2,(H,38,49)(H,39,44)(H,45,46)(H,50,51)/t16-,18-/m0/s1. The number of carbonyl (C=O) groups excluding carboxylic acids is 4. The number of aliphatic hydroxyl groups is 2. The molecule has 0 unspecified atom stereocenters. The lowest BCUT2D eigenvalue weighted by molar-refractivity contribution is -0.139. The van der Waals surface area contributed by atoms with E-state index < -0.39 is 76.6 Å². The summed E-state index contributed by atoms with van der Waals surface area (Å²) in [5.41, 5.74) is 4.67. The van der Waals surface area contributed by atoms with Crippen LogP contribution in [0.5, 0.6) is 11.5 Å². The topological polar surface area (TPSA) is 322 Å². The van der Waals surface area contributed by atoms with Crippen LogP contribution in [0.25, 0.3) is 0 Å². The fourth-order valence-electron chi connectivity index (χ4n) is 5.13. The van der Waals surface area contributed by atoms with Gasteiger partial charge in [-0.1, -0.05) is 0 Å². The van der Waals surface area contributed by atoms with Gasteiger partial charge in [0.25, 0.3) is 0 Å². The van der Waals surface area contributed by atoms with Crippen molar-refractivity contribution in [2.75, 3.05) is 75.4 Å². The number of fused-ring (bicyclic) bond motifs is 2. The number of anilines is 2. The number of amides is 2. The summed E-state index contributed by atoms with van der Waals surface area (Å²) < 4.78 is 0. The van der Waals surface area contributed by atoms with Crippen molar-refractivity contribution in [2.45, 2.75) is 29.8 Å². The van der Waals surface area contributed by atoms with Crippen molar-refractivity contribution in [1.29, 1.82) is 0 Å². The molecule has 0 heterocycles. The van der Waals surface area contributed by atoms with E-state index in [9.17, 15) is 39.0 Å². The molecule has 0 bridgehead atoms. The zero-order valence-electron chi connectivity index (χ0n) is 28.0. The van der Waals surface area contributed by atoms with Crippen LogP contribution in [0.2, 0.25) is 0 Å². The third kappa shape index (κ3) is 11.0. The lowest BCUT2D eigenvalue weighted by atomic mass is 9.81. The molecule has 1 aliphatic carbocycles. The first-order valence-electron chi connectivity index (χ1n) is 16.2. The molecular weight excluding hydrogens is 706 g/mol. The summed E-state index contributed by atoms with van der Waals surface area (Å²) >= 11 is 0.955. The Morgan fingerprint density at radius 3 is 1.92 bits per heavy atom. The average Bonchev–Trinajstić information content (AvgIpc) is 3.10. The lowest BCUT2D eigenvalue weighted by Gasteiger charge is -2.27. The van der Waals surface area contributed by atoms with E-state index in [1.165, 1.54) is 6.07 Å². The number of carboxylic acid groups (broad SMARTS) is 2. The van der Waals surface area contributed by atoms with E-state index >= 15 is 0 Å². The van der Waals surface area contributed by atoms with Gasteiger partial charge < -0.3 is 68.3 Å². The molecule has 0 spiro atoms. The van der Waals surface area contributed by atoms with Crippen molar-refractivity contribution in [3.05, 3.63) is 40.5 Å². The number of hydrogen-bond donors (Lipinski definition) is 13. The van der Waals surface area contributed by atoms with Crippen molar-refractivity contribution in [3.8, 4) is 11.5 Å². The summed E-state index contributed by atoms with van der Waals surface area (Å²) in [4.78, 5) is 76.6. The molecule has 14 N–H and O–H groups in total. The van der Waals surface area contributed by atoms with Gasteiger partial charge in [-0.3, -0.25) is 28.8 Å². The number of nitrogens with two attached hydrogens (primary N) is 1. The second kappa shape index (κ2) is 20.2. The number of hydrogen-bond acceptors (Lipinski definition) is 16. The number of aliphatic hydroxyl groups excluding tert-OH is 2. The van der Waals surface area contributed by atoms with Crippen LogP contribution in [0.3, 0.4) is 0 Å². The first-order chi connectivity index (χ1) is 24.8. The Labute approximate surface area is 301 Å². The zero-order chi connectivity index (χ0) is 38.4. The van der Waals surface area contributed by atoms with Crippen LogP contribution in [0.15, 0.2) is 23.1 Å². The Morgan fingerprint density at radius 2 is 1.37 bits per heavy atom. The molecule has 2 atom stereocenters. The van der Waals surface area contributed by atoms with E-state index in [-0.39, 0.29) is 91.9 Å². The van der Waals surface area contributed by atoms with E-state index in [1.54, 1.807) is 0 Å². The zero-order valence-corrected chi connectivity index (χ0v) is 28.8. The van der Waals surface area contributed by atoms with Crippen molar-refractivity contribution in [3.63, 3.8) is 0 Å². The summed E-state index contributed by atoms with van der Waals surface area (Å²) in [5, 5.41) is 74.6. The molecule has 19 nitrogen and oxygen atoms in total. The second-order valence-electron chi connectivity index (χ2n) is 11.4. The van der Waals surface area contributed by atoms with Gasteiger partial charge in [-0.2, -0.15) is 0 Å². The highest BCUT2D eigenvalue weighted by Crippen LogP contribution is 2.46. The fourth-order valence-corrected chi connectivity index (χ4v) is 6.23. The molecule has 0 saturated heterocycles. The summed E-state index contributed by atoms with van der Waals surface area (Å²) in [5.74, 6) is -7.18. The highest BCUT2D eigenvalue weighted by atomic mass is 32.2. The van der Waals surface area contributed by atoms with Gasteiger partial charge in [0.15, 0.2) is 0 Å². The number of ketones is 2. The molecule has 2 aromatic carbocycles. The van der Waals surface area contributed by atoms with E-state index in [1.807, 2.05) is 0 Å². The van der Waals surface area contributed by atoms with Crippen LogP contribution in [-0.2, 0) is 19.2 Å². The lowest BCUT2D eigenvalue weighted by Crippen LogP contribution is -2.49. The Hall–Kier alpha value is -4.99. The maximum atomic E-state index is 14.2. The highest BCUT2D eigenvalue weighted by molar-refractivity contribution is 7.99. The number of rotatable bonds is 23. The van der Waals surface area contributed by atoms with Crippen molar-refractivity contribution in [2.24, 2.45) is 5.73 Å². The predicted molar refractivity (Wildman–Crippen MR) is 188 cm³/mol. The number of thioether (sulfide) groups is 1. The van der Waals surface area contributed by atoms with Gasteiger partial charge in [-0.05, 0) is 24.6 Å². The van der Waals surface area contributed by atoms with Crippen LogP contribution in [0.4, 0.5) is 11.4 Å². The number of carbonyl (C=O) groups is 6. The largest absolute Gasteiger partial charge is 0.507 e. The van der Waals surface area contributed by atoms with Crippen LogP contribution in [0.1, 0.15) is 44.7 Å². The fraction of sp³-hybridized carbons (Fsp3) is 0.438. The van der Waals surface area contributed by atoms with Gasteiger partial charge in [0.1, 0.15) is 30.1 Å². The van der Waals surface area contributed by atoms with Crippen molar-refractivity contribution in [1.82, 2.24) is 21.3 Å². The molecule has 2 aromatic rings. The normalized spacial score (nSPS) is 13.1. The maximum Gasteiger partial charge on any atom is 0.322 e. The van der Waals surface area contributed by atoms with Gasteiger partial charge in [0.05, 0.1) is 41.2 Å². The van der Waals surface area contributed by atoms with Gasteiger partial charge in [-0.25, -0.2) is 0 Å². The van der Waals surface area contributed by atoms with Crippen molar-refractivity contribution < 1.29 is 59.4 Å². The first kappa shape index (κ1) is 41.4. The Balaban J connectivity index is 2.10. The summed E-state index contributed by atoms with van der Waals surface area (Å²) in [6.45, 7) is 0.470. The minimum Gasteiger partial charge on any atom is -0.507 e. The average molecular weight is 750 g/mol. The summed E-state index contributed by atoms with van der Waals surface area (Å²) in [7, 11) is 0. The van der Waals surface area contributed by atoms with E-state index in [2.05, 4.69) is 31.9 Å². The van der Waals surface area contributed by atoms with Gasteiger partial charge >= 0.3 is 11.9 Å². The number of phenolic OH excluding ortho intramolecular Hbond substituents is 2. The first-order valence-corrected chi connectivity index (χ1v) is 17.2. The van der Waals surface area contributed by atoms with Crippen molar-refractivity contribution >= 4 is 58.5 Å². The van der Waals surface area contributed by atoms with Gasteiger partial charge in [0.2, 0.25) is 23.4 Å². The molecule has 0 aromatic heterocycles. The third-order valence-corrected chi connectivity index (χ3v) is 8.76. The Morgan fingerprint density at radius 1 is 0.788 bits per heavy atom. The monoisotopic (exact) mass is 749 g/mol. The molecular formula is C32H43N7O12S. The van der Waals surface area contributed by atoms with Crippen LogP contribution in [-0.4, -0.2) is 143 Å². The number of aliphatic carboxylic acids is 2. The minimum atomic E-state index is -1.37. The molecule has 0 saturated carbocycles. The van der Waals surface area contributed by atoms with Crippen LogP contribution < -0.4 is 37.6 Å². The van der Waals surface area contributed by atoms with E-state index in [4.69, 9.17) is 26.2 Å². The van der Waals surface area contributed by atoms with E-state index in [0.717, 1.165) is 23.9 Å². The summed E-state index contributed by atoms with van der Waals surface area (Å²) in [6.07, 6.45) is -0.610. The Bertz CT molecular complexity index is 1660. The SMILES string of the molecule is N[C@@H](CCC(=O)N[C@@H](CSc1cc(NCCNCCO)c2c(c1NCCNCCO)C(=O)c1c(O)ccc(O)c1C2=O)C(=O)NCC(=O)O)C(=O)O. The van der Waals surface area contributed by atoms with Gasteiger partial charge in [0, 0.05) is 62.0 Å². The molecule has 0 fully saturated rings. The number of aromatic hydroxyl groups is 2. The molecule has 1 aliphatic rings.